The van der Waals surface area contributed by atoms with Gasteiger partial charge in [-0.05, 0) is 17.0 Å². The third-order valence-electron chi connectivity index (χ3n) is 3.63. The topological polar surface area (TPSA) is 49.8 Å². The standard InChI is InChI=1S/C20H25NO3/c1-16(2)13-21(14-19(22)18-11-7-4-8-12-18)20(23)24-15-17-9-5-3-6-10-17/h3-12,16,19,22H,13-15H2,1-2H3. The Labute approximate surface area is 143 Å². The first-order valence-electron chi connectivity index (χ1n) is 8.25. The second kappa shape index (κ2) is 9.08. The third-order valence-corrected chi connectivity index (χ3v) is 3.63. The number of carbonyl (C=O) groups is 1. The number of aliphatic hydroxyl groups is 1. The Hall–Kier alpha value is -2.33. The molecule has 0 spiro atoms. The number of carbonyl (C=O) groups excluding carboxylic acids is 1. The van der Waals surface area contributed by atoms with Crippen molar-refractivity contribution in [2.45, 2.75) is 26.6 Å². The first-order valence-corrected chi connectivity index (χ1v) is 8.25. The van der Waals surface area contributed by atoms with Gasteiger partial charge in [0, 0.05) is 6.54 Å². The fourth-order valence-corrected chi connectivity index (χ4v) is 2.46. The van der Waals surface area contributed by atoms with E-state index in [1.165, 1.54) is 0 Å². The SMILES string of the molecule is CC(C)CN(CC(O)c1ccccc1)C(=O)OCc1ccccc1. The van der Waals surface area contributed by atoms with Gasteiger partial charge in [0.15, 0.2) is 0 Å². The molecule has 0 saturated heterocycles. The van der Waals surface area contributed by atoms with Gasteiger partial charge in [-0.25, -0.2) is 4.79 Å². The third kappa shape index (κ3) is 5.70. The van der Waals surface area contributed by atoms with Gasteiger partial charge in [0.25, 0.3) is 0 Å². The van der Waals surface area contributed by atoms with Crippen molar-refractivity contribution in [1.29, 1.82) is 0 Å². The van der Waals surface area contributed by atoms with Gasteiger partial charge in [0.1, 0.15) is 6.61 Å². The Balaban J connectivity index is 1.97. The highest BCUT2D eigenvalue weighted by molar-refractivity contribution is 5.67. The fourth-order valence-electron chi connectivity index (χ4n) is 2.46. The minimum atomic E-state index is -0.728. The van der Waals surface area contributed by atoms with Gasteiger partial charge in [-0.15, -0.1) is 0 Å². The molecule has 0 aliphatic rings. The average molecular weight is 327 g/mol. The highest BCUT2D eigenvalue weighted by atomic mass is 16.6. The predicted molar refractivity (Wildman–Crippen MR) is 94.4 cm³/mol. The van der Waals surface area contributed by atoms with Crippen LogP contribution in [0.4, 0.5) is 4.79 Å². The van der Waals surface area contributed by atoms with E-state index >= 15 is 0 Å². The molecule has 0 aromatic heterocycles. The van der Waals surface area contributed by atoms with Crippen LogP contribution in [0.3, 0.4) is 0 Å². The van der Waals surface area contributed by atoms with Gasteiger partial charge < -0.3 is 14.7 Å². The summed E-state index contributed by atoms with van der Waals surface area (Å²) in [6.07, 6.45) is -1.13. The molecule has 1 N–H and O–H groups in total. The van der Waals surface area contributed by atoms with Crippen LogP contribution in [0.15, 0.2) is 60.7 Å². The van der Waals surface area contributed by atoms with Crippen LogP contribution in [0.1, 0.15) is 31.1 Å². The summed E-state index contributed by atoms with van der Waals surface area (Å²) in [4.78, 5) is 14.0. The van der Waals surface area contributed by atoms with Crippen molar-refractivity contribution in [3.63, 3.8) is 0 Å². The smallest absolute Gasteiger partial charge is 0.410 e. The van der Waals surface area contributed by atoms with E-state index in [2.05, 4.69) is 0 Å². The van der Waals surface area contributed by atoms with Crippen LogP contribution in [0.5, 0.6) is 0 Å². The molecule has 0 heterocycles. The van der Waals surface area contributed by atoms with Crippen LogP contribution in [0.25, 0.3) is 0 Å². The summed E-state index contributed by atoms with van der Waals surface area (Å²) in [6, 6.07) is 18.9. The molecule has 0 bridgehead atoms. The summed E-state index contributed by atoms with van der Waals surface area (Å²) in [5.41, 5.74) is 1.74. The van der Waals surface area contributed by atoms with Crippen molar-refractivity contribution in [1.82, 2.24) is 4.90 Å². The van der Waals surface area contributed by atoms with Gasteiger partial charge in [-0.3, -0.25) is 0 Å². The Kier molecular flexibility index (Phi) is 6.82. The number of hydrogen-bond acceptors (Lipinski definition) is 3. The lowest BCUT2D eigenvalue weighted by Gasteiger charge is -2.26. The van der Waals surface area contributed by atoms with Crippen molar-refractivity contribution in [3.05, 3.63) is 71.8 Å². The van der Waals surface area contributed by atoms with Crippen molar-refractivity contribution < 1.29 is 14.6 Å². The summed E-state index contributed by atoms with van der Waals surface area (Å²) >= 11 is 0. The summed E-state index contributed by atoms with van der Waals surface area (Å²) < 4.78 is 5.40. The van der Waals surface area contributed by atoms with E-state index in [0.717, 1.165) is 11.1 Å². The maximum atomic E-state index is 12.4. The van der Waals surface area contributed by atoms with Crippen molar-refractivity contribution in [2.75, 3.05) is 13.1 Å². The molecule has 0 fully saturated rings. The normalized spacial score (nSPS) is 12.0. The Morgan fingerprint density at radius 2 is 1.58 bits per heavy atom. The van der Waals surface area contributed by atoms with E-state index in [9.17, 15) is 9.90 Å². The van der Waals surface area contributed by atoms with E-state index in [1.807, 2.05) is 74.5 Å². The zero-order chi connectivity index (χ0) is 17.4. The molecular formula is C20H25NO3. The first kappa shape index (κ1) is 18.0. The number of ether oxygens (including phenoxy) is 1. The monoisotopic (exact) mass is 327 g/mol. The molecule has 1 unspecified atom stereocenters. The summed E-state index contributed by atoms with van der Waals surface area (Å²) in [5, 5.41) is 10.4. The number of nitrogens with zero attached hydrogens (tertiary/aromatic N) is 1. The molecule has 0 aliphatic carbocycles. The maximum absolute atomic E-state index is 12.4. The number of hydrogen-bond donors (Lipinski definition) is 1. The molecule has 24 heavy (non-hydrogen) atoms. The zero-order valence-electron chi connectivity index (χ0n) is 14.3. The second-order valence-electron chi connectivity index (χ2n) is 6.27. The first-order chi connectivity index (χ1) is 11.6. The van der Waals surface area contributed by atoms with Gasteiger partial charge >= 0.3 is 6.09 Å². The molecule has 4 nitrogen and oxygen atoms in total. The molecule has 1 amide bonds. The summed E-state index contributed by atoms with van der Waals surface area (Å²) in [5.74, 6) is 0.289. The molecule has 0 aliphatic heterocycles. The lowest BCUT2D eigenvalue weighted by atomic mass is 10.1. The van der Waals surface area contributed by atoms with Gasteiger partial charge in [0.05, 0.1) is 12.6 Å². The number of aliphatic hydroxyl groups excluding tert-OH is 1. The van der Waals surface area contributed by atoms with Crippen LogP contribution in [-0.2, 0) is 11.3 Å². The van der Waals surface area contributed by atoms with Gasteiger partial charge in [0.2, 0.25) is 0 Å². The van der Waals surface area contributed by atoms with Crippen molar-refractivity contribution in [2.24, 2.45) is 5.92 Å². The van der Waals surface area contributed by atoms with E-state index in [-0.39, 0.29) is 19.1 Å². The summed E-state index contributed by atoms with van der Waals surface area (Å²) in [6.45, 7) is 5.06. The lowest BCUT2D eigenvalue weighted by molar-refractivity contribution is 0.0642. The van der Waals surface area contributed by atoms with E-state index in [4.69, 9.17) is 4.74 Å². The van der Waals surface area contributed by atoms with Crippen LogP contribution in [0.2, 0.25) is 0 Å². The number of benzene rings is 2. The molecule has 1 atom stereocenters. The van der Waals surface area contributed by atoms with Crippen molar-refractivity contribution in [3.8, 4) is 0 Å². The van der Waals surface area contributed by atoms with E-state index in [1.54, 1.807) is 4.90 Å². The highest BCUT2D eigenvalue weighted by Gasteiger charge is 2.21. The minimum Gasteiger partial charge on any atom is -0.445 e. The van der Waals surface area contributed by atoms with Gasteiger partial charge in [-0.1, -0.05) is 74.5 Å². The Bertz CT molecular complexity index is 613. The Morgan fingerprint density at radius 3 is 2.17 bits per heavy atom. The lowest BCUT2D eigenvalue weighted by Crippen LogP contribution is -2.37. The van der Waals surface area contributed by atoms with Crippen LogP contribution in [-0.4, -0.2) is 29.2 Å². The molecule has 2 aromatic carbocycles. The van der Waals surface area contributed by atoms with Crippen LogP contribution in [0, 0.1) is 5.92 Å². The Morgan fingerprint density at radius 1 is 1.00 bits per heavy atom. The van der Waals surface area contributed by atoms with Crippen molar-refractivity contribution >= 4 is 6.09 Å². The van der Waals surface area contributed by atoms with E-state index in [0.29, 0.717) is 6.54 Å². The zero-order valence-corrected chi connectivity index (χ0v) is 14.3. The fraction of sp³-hybridized carbons (Fsp3) is 0.350. The molecule has 0 radical (unpaired) electrons. The molecule has 4 heteroatoms. The maximum Gasteiger partial charge on any atom is 0.410 e. The minimum absolute atomic E-state index is 0.218. The van der Waals surface area contributed by atoms with Crippen LogP contribution < -0.4 is 0 Å². The predicted octanol–water partition coefficient (Wildman–Crippen LogP) is 4.01. The molecular weight excluding hydrogens is 302 g/mol. The number of rotatable bonds is 7. The average Bonchev–Trinajstić information content (AvgIpc) is 2.60. The largest absolute Gasteiger partial charge is 0.445 e. The molecule has 0 saturated carbocycles. The summed E-state index contributed by atoms with van der Waals surface area (Å²) in [7, 11) is 0. The molecule has 2 rings (SSSR count). The van der Waals surface area contributed by atoms with Gasteiger partial charge in [-0.2, -0.15) is 0 Å². The second-order valence-corrected chi connectivity index (χ2v) is 6.27. The van der Waals surface area contributed by atoms with Crippen LogP contribution >= 0.6 is 0 Å². The highest BCUT2D eigenvalue weighted by Crippen LogP contribution is 2.16. The number of amides is 1. The molecule has 2 aromatic rings. The molecule has 128 valence electrons. The quantitative estimate of drug-likeness (QED) is 0.836. The van der Waals surface area contributed by atoms with E-state index < -0.39 is 12.2 Å².